The van der Waals surface area contributed by atoms with Gasteiger partial charge < -0.3 is 4.98 Å². The summed E-state index contributed by atoms with van der Waals surface area (Å²) < 4.78 is 0. The van der Waals surface area contributed by atoms with E-state index in [1.54, 1.807) is 0 Å². The number of aromatic nitrogens is 1. The van der Waals surface area contributed by atoms with Crippen molar-refractivity contribution >= 4 is 5.78 Å². The first-order chi connectivity index (χ1) is 8.02. The van der Waals surface area contributed by atoms with Gasteiger partial charge in [-0.05, 0) is 44.7 Å². The third kappa shape index (κ3) is 2.99. The van der Waals surface area contributed by atoms with E-state index in [4.69, 9.17) is 0 Å². The minimum atomic E-state index is 0.196. The van der Waals surface area contributed by atoms with E-state index in [1.807, 2.05) is 13.8 Å². The third-order valence-electron chi connectivity index (χ3n) is 3.70. The maximum Gasteiger partial charge on any atom is 0.182 e. The van der Waals surface area contributed by atoms with Crippen molar-refractivity contribution in [2.24, 2.45) is 5.92 Å². The van der Waals surface area contributed by atoms with Crippen LogP contribution in [-0.4, -0.2) is 10.8 Å². The Bertz CT molecular complexity index is 384. The van der Waals surface area contributed by atoms with E-state index in [9.17, 15) is 4.79 Å². The first-order valence-electron chi connectivity index (χ1n) is 6.72. The van der Waals surface area contributed by atoms with Gasteiger partial charge in [-0.25, -0.2) is 0 Å². The van der Waals surface area contributed by atoms with Crippen LogP contribution >= 0.6 is 0 Å². The number of hydrogen-bond donors (Lipinski definition) is 1. The molecule has 2 nitrogen and oxygen atoms in total. The van der Waals surface area contributed by atoms with Crippen LogP contribution in [0.1, 0.15) is 66.8 Å². The number of carbonyl (C=O) groups is 1. The predicted octanol–water partition coefficient (Wildman–Crippen LogP) is 4.34. The first-order valence-corrected chi connectivity index (χ1v) is 6.72. The van der Waals surface area contributed by atoms with Gasteiger partial charge in [0.15, 0.2) is 5.78 Å². The molecule has 0 fully saturated rings. The van der Waals surface area contributed by atoms with Gasteiger partial charge in [0.1, 0.15) is 0 Å². The summed E-state index contributed by atoms with van der Waals surface area (Å²) >= 11 is 0. The van der Waals surface area contributed by atoms with Gasteiger partial charge in [-0.2, -0.15) is 0 Å². The summed E-state index contributed by atoms with van der Waals surface area (Å²) in [5.74, 6) is 0.503. The fourth-order valence-corrected chi connectivity index (χ4v) is 2.40. The zero-order valence-electron chi connectivity index (χ0n) is 11.8. The highest BCUT2D eigenvalue weighted by Gasteiger charge is 2.22. The van der Waals surface area contributed by atoms with E-state index in [2.05, 4.69) is 25.8 Å². The smallest absolute Gasteiger partial charge is 0.182 e. The fraction of sp³-hybridized carbons (Fsp3) is 0.667. The zero-order valence-corrected chi connectivity index (χ0v) is 11.8. The van der Waals surface area contributed by atoms with Crippen molar-refractivity contribution in [3.63, 3.8) is 0 Å². The Labute approximate surface area is 105 Å². The lowest BCUT2D eigenvalue weighted by molar-refractivity contribution is 0.0899. The molecule has 1 heterocycles. The lowest BCUT2D eigenvalue weighted by Gasteiger charge is -2.13. The normalized spacial score (nSPS) is 11.2. The molecule has 0 aliphatic carbocycles. The number of carbonyl (C=O) groups excluding carboxylic acids is 1. The van der Waals surface area contributed by atoms with Crippen molar-refractivity contribution in [1.29, 1.82) is 0 Å². The summed E-state index contributed by atoms with van der Waals surface area (Å²) in [7, 11) is 0. The highest BCUT2D eigenvalue weighted by Crippen LogP contribution is 2.24. The Morgan fingerprint density at radius 3 is 1.94 bits per heavy atom. The summed E-state index contributed by atoms with van der Waals surface area (Å²) in [5, 5.41) is 0. The summed E-state index contributed by atoms with van der Waals surface area (Å²) in [6, 6.07) is 0. The standard InChI is InChI=1S/C15H25NO/c1-6-8-13(9-7-2)15(17)14-11(4)10(3)12(5)16-14/h13,16H,6-9H2,1-5H3. The Kier molecular flexibility index (Phi) is 4.98. The van der Waals surface area contributed by atoms with Gasteiger partial charge in [0.2, 0.25) is 0 Å². The number of Topliss-reactive ketones (excluding diaryl/α,β-unsaturated/α-hetero) is 1. The van der Waals surface area contributed by atoms with E-state index < -0.39 is 0 Å². The van der Waals surface area contributed by atoms with E-state index in [0.717, 1.165) is 42.6 Å². The Morgan fingerprint density at radius 1 is 1.06 bits per heavy atom. The first kappa shape index (κ1) is 14.0. The van der Waals surface area contributed by atoms with Crippen LogP contribution in [0.15, 0.2) is 0 Å². The largest absolute Gasteiger partial charge is 0.356 e. The number of H-pyrrole nitrogens is 1. The molecule has 1 aromatic rings. The third-order valence-corrected chi connectivity index (χ3v) is 3.70. The maximum atomic E-state index is 12.5. The SMILES string of the molecule is CCCC(CCC)C(=O)c1[nH]c(C)c(C)c1C. The molecule has 1 N–H and O–H groups in total. The number of aromatic amines is 1. The quantitative estimate of drug-likeness (QED) is 0.731. The molecular weight excluding hydrogens is 210 g/mol. The van der Waals surface area contributed by atoms with Crippen LogP contribution in [0.3, 0.4) is 0 Å². The van der Waals surface area contributed by atoms with Crippen LogP contribution in [0.4, 0.5) is 0 Å². The predicted molar refractivity (Wildman–Crippen MR) is 72.6 cm³/mol. The summed E-state index contributed by atoms with van der Waals surface area (Å²) in [6.45, 7) is 10.4. The molecule has 0 atom stereocenters. The van der Waals surface area contributed by atoms with E-state index in [-0.39, 0.29) is 5.92 Å². The van der Waals surface area contributed by atoms with Gasteiger partial charge in [0.05, 0.1) is 5.69 Å². The molecule has 1 aromatic heterocycles. The van der Waals surface area contributed by atoms with Crippen molar-refractivity contribution < 1.29 is 4.79 Å². The Morgan fingerprint density at radius 2 is 1.59 bits per heavy atom. The van der Waals surface area contributed by atoms with Gasteiger partial charge in [-0.1, -0.05) is 26.7 Å². The summed E-state index contributed by atoms with van der Waals surface area (Å²) in [5.41, 5.74) is 4.31. The molecule has 0 saturated carbocycles. The molecule has 2 heteroatoms. The second-order valence-electron chi connectivity index (χ2n) is 5.01. The summed E-state index contributed by atoms with van der Waals surface area (Å²) in [6.07, 6.45) is 4.16. The minimum absolute atomic E-state index is 0.196. The molecule has 0 aliphatic heterocycles. The van der Waals surface area contributed by atoms with Crippen molar-refractivity contribution in [2.75, 3.05) is 0 Å². The van der Waals surface area contributed by atoms with Crippen molar-refractivity contribution in [1.82, 2.24) is 4.98 Å². The molecule has 0 spiro atoms. The van der Waals surface area contributed by atoms with Gasteiger partial charge in [0.25, 0.3) is 0 Å². The number of rotatable bonds is 6. The molecule has 0 amide bonds. The molecule has 0 saturated heterocycles. The van der Waals surface area contributed by atoms with Crippen LogP contribution in [0, 0.1) is 26.7 Å². The molecule has 0 aromatic carbocycles. The molecule has 96 valence electrons. The van der Waals surface area contributed by atoms with Crippen molar-refractivity contribution in [3.05, 3.63) is 22.5 Å². The van der Waals surface area contributed by atoms with Crippen LogP contribution in [-0.2, 0) is 0 Å². The molecule has 1 rings (SSSR count). The van der Waals surface area contributed by atoms with E-state index >= 15 is 0 Å². The fourth-order valence-electron chi connectivity index (χ4n) is 2.40. The van der Waals surface area contributed by atoms with Gasteiger partial charge >= 0.3 is 0 Å². The molecule has 17 heavy (non-hydrogen) atoms. The van der Waals surface area contributed by atoms with Crippen molar-refractivity contribution in [2.45, 2.75) is 60.3 Å². The van der Waals surface area contributed by atoms with Gasteiger partial charge in [-0.15, -0.1) is 0 Å². The average Bonchev–Trinajstić information content (AvgIpc) is 2.56. The van der Waals surface area contributed by atoms with Crippen molar-refractivity contribution in [3.8, 4) is 0 Å². The molecule has 0 bridgehead atoms. The van der Waals surface area contributed by atoms with E-state index in [1.165, 1.54) is 5.56 Å². The highest BCUT2D eigenvalue weighted by molar-refractivity contribution is 5.98. The molecule has 0 aliphatic rings. The lowest BCUT2D eigenvalue weighted by Crippen LogP contribution is -2.16. The topological polar surface area (TPSA) is 32.9 Å². The monoisotopic (exact) mass is 235 g/mol. The number of aryl methyl sites for hydroxylation is 1. The summed E-state index contributed by atoms with van der Waals surface area (Å²) in [4.78, 5) is 15.7. The number of nitrogens with one attached hydrogen (secondary N) is 1. The second kappa shape index (κ2) is 6.04. The van der Waals surface area contributed by atoms with Crippen LogP contribution in [0.2, 0.25) is 0 Å². The van der Waals surface area contributed by atoms with Gasteiger partial charge in [0, 0.05) is 11.6 Å². The molecule has 0 radical (unpaired) electrons. The maximum absolute atomic E-state index is 12.5. The Hall–Kier alpha value is -1.05. The average molecular weight is 235 g/mol. The second-order valence-corrected chi connectivity index (χ2v) is 5.01. The lowest BCUT2D eigenvalue weighted by atomic mass is 9.91. The van der Waals surface area contributed by atoms with Crippen LogP contribution in [0.25, 0.3) is 0 Å². The number of hydrogen-bond acceptors (Lipinski definition) is 1. The zero-order chi connectivity index (χ0) is 13.0. The highest BCUT2D eigenvalue weighted by atomic mass is 16.1. The molecule has 0 unspecified atom stereocenters. The molecular formula is C15H25NO. The van der Waals surface area contributed by atoms with Gasteiger partial charge in [-0.3, -0.25) is 4.79 Å². The van der Waals surface area contributed by atoms with Crippen LogP contribution < -0.4 is 0 Å². The minimum Gasteiger partial charge on any atom is -0.356 e. The number of ketones is 1. The Balaban J connectivity index is 2.96. The van der Waals surface area contributed by atoms with E-state index in [0.29, 0.717) is 5.78 Å². The van der Waals surface area contributed by atoms with Crippen LogP contribution in [0.5, 0.6) is 0 Å².